The molecule has 0 spiro atoms. The number of rotatable bonds is 4. The van der Waals surface area contributed by atoms with Crippen LogP contribution >= 0.6 is 11.3 Å². The molecule has 11 heteroatoms. The van der Waals surface area contributed by atoms with Crippen molar-refractivity contribution in [1.82, 2.24) is 34.5 Å². The second-order valence-corrected chi connectivity index (χ2v) is 7.59. The van der Waals surface area contributed by atoms with E-state index in [1.165, 1.54) is 4.68 Å². The highest BCUT2D eigenvalue weighted by Crippen LogP contribution is 2.31. The number of pyridine rings is 1. The first-order chi connectivity index (χ1) is 13.6. The van der Waals surface area contributed by atoms with Gasteiger partial charge in [0.1, 0.15) is 16.3 Å². The quantitative estimate of drug-likeness (QED) is 0.448. The second kappa shape index (κ2) is 7.11. The van der Waals surface area contributed by atoms with Crippen molar-refractivity contribution in [3.63, 3.8) is 0 Å². The summed E-state index contributed by atoms with van der Waals surface area (Å²) in [5.74, 6) is 0.417. The summed E-state index contributed by atoms with van der Waals surface area (Å²) in [7, 11) is 1.86. The van der Waals surface area contributed by atoms with Crippen molar-refractivity contribution in [2.45, 2.75) is 13.0 Å². The van der Waals surface area contributed by atoms with Crippen molar-refractivity contribution >= 4 is 38.4 Å². The average Bonchev–Trinajstić information content (AvgIpc) is 3.37. The van der Waals surface area contributed by atoms with Gasteiger partial charge < -0.3 is 15.8 Å². The molecule has 0 aliphatic heterocycles. The molecule has 0 fully saturated rings. The first kappa shape index (κ1) is 18.8. The summed E-state index contributed by atoms with van der Waals surface area (Å²) in [6.45, 7) is 0.261. The highest BCUT2D eigenvalue weighted by Gasteiger charge is 2.18. The largest absolute Gasteiger partial charge is 0.412 e. The van der Waals surface area contributed by atoms with Crippen LogP contribution in [0.4, 0.5) is 5.82 Å². The van der Waals surface area contributed by atoms with Gasteiger partial charge in [-0.15, -0.1) is 11.3 Å². The van der Waals surface area contributed by atoms with Gasteiger partial charge in [0.25, 0.3) is 5.56 Å². The molecule has 0 aromatic carbocycles. The molecule has 0 bridgehead atoms. The topological polar surface area (TPSA) is 152 Å². The molecule has 0 atom stereocenters. The summed E-state index contributed by atoms with van der Waals surface area (Å²) in [5, 5.41) is 13.0. The molecule has 10 nitrogen and oxygen atoms in total. The van der Waals surface area contributed by atoms with Crippen molar-refractivity contribution in [2.24, 2.45) is 7.05 Å². The molecule has 0 amide bonds. The number of hydrogen-bond donors (Lipinski definition) is 2. The molecular weight excluding hydrogens is 392 g/mol. The van der Waals surface area contributed by atoms with E-state index >= 15 is 0 Å². The Morgan fingerprint density at radius 3 is 2.86 bits per heavy atom. The van der Waals surface area contributed by atoms with E-state index in [1.54, 1.807) is 29.8 Å². The minimum absolute atomic E-state index is 0. The van der Waals surface area contributed by atoms with Crippen LogP contribution in [0.5, 0.6) is 0 Å². The maximum absolute atomic E-state index is 13.0. The molecule has 148 valence electrons. The number of hydrogen-bond acceptors (Lipinski definition) is 7. The summed E-state index contributed by atoms with van der Waals surface area (Å²) in [4.78, 5) is 22.0. The number of nitrogens with two attached hydrogens (primary N) is 1. The number of anilines is 1. The van der Waals surface area contributed by atoms with E-state index < -0.39 is 0 Å². The molecule has 5 N–H and O–H groups in total. The van der Waals surface area contributed by atoms with Crippen molar-refractivity contribution in [1.29, 1.82) is 0 Å². The molecule has 0 aliphatic rings. The van der Waals surface area contributed by atoms with Crippen molar-refractivity contribution in [3.05, 3.63) is 63.4 Å². The van der Waals surface area contributed by atoms with Crippen LogP contribution in [-0.2, 0) is 20.0 Å². The first-order valence-electron chi connectivity index (χ1n) is 8.64. The number of thiazole rings is 1. The third-order valence-electron chi connectivity index (χ3n) is 4.61. The molecule has 0 unspecified atom stereocenters. The van der Waals surface area contributed by atoms with Gasteiger partial charge in [0.2, 0.25) is 0 Å². The summed E-state index contributed by atoms with van der Waals surface area (Å²) in [6, 6.07) is 7.27. The third kappa shape index (κ3) is 3.15. The predicted octanol–water partition coefficient (Wildman–Crippen LogP) is 0.859. The Morgan fingerprint density at radius 1 is 1.24 bits per heavy atom. The van der Waals surface area contributed by atoms with Crippen LogP contribution in [0, 0.1) is 0 Å². The number of nitrogen functional groups attached to an aromatic ring is 1. The molecule has 5 aromatic heterocycles. The van der Waals surface area contributed by atoms with E-state index in [1.807, 2.05) is 29.8 Å². The zero-order chi connectivity index (χ0) is 19.3. The minimum Gasteiger partial charge on any atom is -0.412 e. The van der Waals surface area contributed by atoms with Gasteiger partial charge in [0.15, 0.2) is 5.65 Å². The Balaban J connectivity index is 0.00000205. The smallest absolute Gasteiger partial charge is 0.291 e. The van der Waals surface area contributed by atoms with Gasteiger partial charge in [-0.05, 0) is 18.2 Å². The van der Waals surface area contributed by atoms with Crippen LogP contribution < -0.4 is 11.3 Å². The van der Waals surface area contributed by atoms with E-state index in [0.717, 1.165) is 26.4 Å². The van der Waals surface area contributed by atoms with Gasteiger partial charge in [-0.2, -0.15) is 10.2 Å². The zero-order valence-electron chi connectivity index (χ0n) is 15.5. The monoisotopic (exact) mass is 410 g/mol. The van der Waals surface area contributed by atoms with Crippen LogP contribution in [0.25, 0.3) is 21.3 Å². The molecule has 5 rings (SSSR count). The highest BCUT2D eigenvalue weighted by molar-refractivity contribution is 7.19. The fourth-order valence-corrected chi connectivity index (χ4v) is 4.44. The van der Waals surface area contributed by atoms with E-state index in [0.29, 0.717) is 23.4 Å². The zero-order valence-corrected chi connectivity index (χ0v) is 16.3. The van der Waals surface area contributed by atoms with Crippen LogP contribution in [0.15, 0.2) is 41.5 Å². The molecule has 0 aliphatic carbocycles. The number of aromatic amines is 1. The van der Waals surface area contributed by atoms with Gasteiger partial charge in [0, 0.05) is 30.7 Å². The number of nitrogens with zero attached hydrogens (tertiary/aromatic N) is 6. The third-order valence-corrected chi connectivity index (χ3v) is 5.69. The molecular formula is C18H18N8O2S. The van der Waals surface area contributed by atoms with Crippen molar-refractivity contribution in [3.8, 4) is 0 Å². The number of fused-ring (bicyclic) bond motifs is 3. The summed E-state index contributed by atoms with van der Waals surface area (Å²) in [5.41, 5.74) is 8.61. The standard InChI is InChI=1S/C18H16N8OS.H2O/c1-25-15-12(16-17(25)23-14(28-16)7-10-5-6-20-24-10)8-21-26(18(15)27)9-11-3-2-4-13(19)22-11;/h2-6,8H,7,9H2,1H3,(H2,19,22)(H,20,24);1H2. The van der Waals surface area contributed by atoms with Gasteiger partial charge in [-0.1, -0.05) is 6.07 Å². The second-order valence-electron chi connectivity index (χ2n) is 6.50. The predicted molar refractivity (Wildman–Crippen MR) is 111 cm³/mol. The number of H-pyrrole nitrogens is 1. The normalized spacial score (nSPS) is 11.2. The van der Waals surface area contributed by atoms with Crippen molar-refractivity contribution in [2.75, 3.05) is 5.73 Å². The maximum atomic E-state index is 13.0. The van der Waals surface area contributed by atoms with E-state index in [2.05, 4.69) is 20.3 Å². The molecule has 5 heterocycles. The highest BCUT2D eigenvalue weighted by atomic mass is 32.1. The summed E-state index contributed by atoms with van der Waals surface area (Å²) >= 11 is 1.57. The lowest BCUT2D eigenvalue weighted by atomic mass is 10.3. The van der Waals surface area contributed by atoms with Crippen LogP contribution in [0.2, 0.25) is 0 Å². The average molecular weight is 410 g/mol. The van der Waals surface area contributed by atoms with Gasteiger partial charge in [-0.3, -0.25) is 9.89 Å². The number of aryl methyl sites for hydroxylation is 1. The number of nitrogens with one attached hydrogen (secondary N) is 1. The lowest BCUT2D eigenvalue weighted by Gasteiger charge is -2.05. The molecule has 29 heavy (non-hydrogen) atoms. The van der Waals surface area contributed by atoms with E-state index in [-0.39, 0.29) is 17.6 Å². The Labute approximate surface area is 167 Å². The fourth-order valence-electron chi connectivity index (χ4n) is 3.31. The summed E-state index contributed by atoms with van der Waals surface area (Å²) in [6.07, 6.45) is 4.12. The van der Waals surface area contributed by atoms with Crippen LogP contribution in [0.1, 0.15) is 16.4 Å². The van der Waals surface area contributed by atoms with E-state index in [9.17, 15) is 4.79 Å². The first-order valence-corrected chi connectivity index (χ1v) is 9.45. The van der Waals surface area contributed by atoms with E-state index in [4.69, 9.17) is 10.7 Å². The van der Waals surface area contributed by atoms with Crippen molar-refractivity contribution < 1.29 is 5.48 Å². The van der Waals surface area contributed by atoms with Gasteiger partial charge in [-0.25, -0.2) is 14.6 Å². The van der Waals surface area contributed by atoms with Gasteiger partial charge >= 0.3 is 0 Å². The molecule has 0 saturated carbocycles. The lowest BCUT2D eigenvalue weighted by molar-refractivity contribution is 0.633. The van der Waals surface area contributed by atoms with Crippen LogP contribution in [-0.4, -0.2) is 40.0 Å². The fraction of sp³-hybridized carbons (Fsp3) is 0.167. The van der Waals surface area contributed by atoms with Crippen LogP contribution in [0.3, 0.4) is 0 Å². The molecule has 5 aromatic rings. The van der Waals surface area contributed by atoms with Gasteiger partial charge in [0.05, 0.1) is 23.1 Å². The Bertz CT molecular complexity index is 1370. The SMILES string of the molecule is Cn1c2nc(Cc3ccn[nH]3)sc2c2cnn(Cc3cccc(N)n3)c(=O)c21.O. The Morgan fingerprint density at radius 2 is 2.10 bits per heavy atom. The Kier molecular flexibility index (Phi) is 4.60. The lowest BCUT2D eigenvalue weighted by Crippen LogP contribution is -2.25. The maximum Gasteiger partial charge on any atom is 0.291 e. The minimum atomic E-state index is -0.176. The molecule has 0 radical (unpaired) electrons. The molecule has 0 saturated heterocycles. The Hall–Kier alpha value is -3.57. The summed E-state index contributed by atoms with van der Waals surface area (Å²) < 4.78 is 4.20. The number of aromatic nitrogens is 7.